The molecule has 72 heavy (non-hydrogen) atoms. The first-order chi connectivity index (χ1) is 34.2. The zero-order valence-corrected chi connectivity index (χ0v) is 40.9. The van der Waals surface area contributed by atoms with E-state index in [0.717, 1.165) is 84.8 Å². The number of nitrogens with zero attached hydrogens (tertiary/aromatic N) is 5. The van der Waals surface area contributed by atoms with Crippen molar-refractivity contribution in [2.24, 2.45) is 7.05 Å². The Morgan fingerprint density at radius 3 is 2.50 bits per heavy atom. The Kier molecular flexibility index (Phi) is 13.9. The molecule has 0 bridgehead atoms. The zero-order valence-electron chi connectivity index (χ0n) is 39.1. The first kappa shape index (κ1) is 50.4. The minimum atomic E-state index is -5.53. The highest BCUT2D eigenvalue weighted by Crippen LogP contribution is 2.57. The molecule has 5 aromatic rings. The number of H-pyrrole nitrogens is 1. The molecule has 1 saturated heterocycles. The van der Waals surface area contributed by atoms with E-state index in [4.69, 9.17) is 34.3 Å². The molecule has 0 spiro atoms. The monoisotopic (exact) mass is 1040 g/mol. The highest BCUT2D eigenvalue weighted by atomic mass is 31.3. The highest BCUT2D eigenvalue weighted by molar-refractivity contribution is 7.60. The predicted octanol–water partition coefficient (Wildman–Crippen LogP) is 0.422. The number of benzene rings is 3. The van der Waals surface area contributed by atoms with Crippen LogP contribution in [0.25, 0.3) is 16.7 Å². The molecule has 1 fully saturated rings. The van der Waals surface area contributed by atoms with Gasteiger partial charge in [-0.25, -0.2) is 27.9 Å². The number of hydrogen-bond donors (Lipinski definition) is 9. The van der Waals surface area contributed by atoms with Gasteiger partial charge in [-0.2, -0.15) is 4.31 Å². The normalized spacial score (nSPS) is 20.2. The average molecular weight is 1040 g/mol. The number of hydrogen-bond acceptors (Lipinski definition) is 15. The van der Waals surface area contributed by atoms with Crippen LogP contribution >= 0.6 is 15.6 Å². The number of nitrogens with two attached hydrogens (primary N) is 1. The van der Waals surface area contributed by atoms with Crippen LogP contribution < -0.4 is 51.3 Å². The fourth-order valence-corrected chi connectivity index (χ4v) is 11.4. The van der Waals surface area contributed by atoms with Gasteiger partial charge in [0, 0.05) is 71.8 Å². The smallest absolute Gasteiger partial charge is 0.478 e. The number of aryl methyl sites for hydroxylation is 3. The minimum Gasteiger partial charge on any atom is -0.478 e. The third-order valence-electron chi connectivity index (χ3n) is 13.0. The fraction of sp³-hybridized carbons (Fsp3) is 0.400. The molecule has 382 valence electrons. The number of carbonyl (C=O) groups excluding carboxylic acids is 2. The largest absolute Gasteiger partial charge is 0.481 e. The Morgan fingerprint density at radius 2 is 1.76 bits per heavy atom. The summed E-state index contributed by atoms with van der Waals surface area (Å²) in [5, 5.41) is 29.1. The molecule has 3 aromatic carbocycles. The number of nitrogens with one attached hydrogen (secondary N) is 3. The lowest BCUT2D eigenvalue weighted by Gasteiger charge is -2.32. The van der Waals surface area contributed by atoms with Crippen molar-refractivity contribution in [3.05, 3.63) is 103 Å². The number of aliphatic hydroxyl groups excluding tert-OH is 1. The Labute approximate surface area is 408 Å². The number of alkyl carbamates (subject to hydrolysis) is 1. The number of carbonyl (C=O) groups is 3. The van der Waals surface area contributed by atoms with Crippen molar-refractivity contribution in [3.63, 3.8) is 0 Å². The number of ether oxygens (including phenoxy) is 3. The summed E-state index contributed by atoms with van der Waals surface area (Å²) in [5.74, 6) is -1.00. The van der Waals surface area contributed by atoms with Crippen LogP contribution in [0.2, 0.25) is 0 Å². The molecule has 27 heteroatoms. The van der Waals surface area contributed by atoms with E-state index in [0.29, 0.717) is 22.6 Å². The van der Waals surface area contributed by atoms with Gasteiger partial charge in [0.1, 0.15) is 30.7 Å². The molecule has 2 amide bonds. The van der Waals surface area contributed by atoms with Crippen LogP contribution in [0.4, 0.5) is 16.4 Å². The number of imidazole rings is 1. The summed E-state index contributed by atoms with van der Waals surface area (Å²) in [6.45, 7) is 6.17. The molecule has 10 N–H and O–H groups in total. The van der Waals surface area contributed by atoms with E-state index >= 15 is 0 Å². The minimum absolute atomic E-state index is 0.0000308. The average Bonchev–Trinajstić information content (AvgIpc) is 3.82. The maximum atomic E-state index is 13.6. The molecule has 0 radical (unpaired) electrons. The van der Waals surface area contributed by atoms with Gasteiger partial charge in [-0.15, -0.1) is 0 Å². The van der Waals surface area contributed by atoms with Crippen molar-refractivity contribution in [2.75, 3.05) is 56.5 Å². The second-order valence-corrected chi connectivity index (χ2v) is 20.4. The number of phosphoric acid groups is 2. The van der Waals surface area contributed by atoms with Crippen molar-refractivity contribution in [2.45, 2.75) is 64.1 Å². The summed E-state index contributed by atoms with van der Waals surface area (Å²) in [4.78, 5) is 89.4. The molecule has 5 atom stereocenters. The molecule has 0 saturated carbocycles. The lowest BCUT2D eigenvalue weighted by Crippen LogP contribution is -2.47. The third-order valence-corrected chi connectivity index (χ3v) is 15.2. The van der Waals surface area contributed by atoms with Crippen LogP contribution in [0, 0.1) is 0 Å². The maximum absolute atomic E-state index is 13.6. The molecular weight excluding hydrogens is 984 g/mol. The number of aromatic nitrogens is 4. The van der Waals surface area contributed by atoms with Crippen LogP contribution in [-0.2, 0) is 47.3 Å². The first-order valence-corrected chi connectivity index (χ1v) is 26.1. The summed E-state index contributed by atoms with van der Waals surface area (Å²) < 4.78 is 55.0. The number of aromatic carboxylic acids is 1. The van der Waals surface area contributed by atoms with Crippen molar-refractivity contribution in [1.82, 2.24) is 29.7 Å². The number of amides is 2. The van der Waals surface area contributed by atoms with E-state index in [9.17, 15) is 43.4 Å². The van der Waals surface area contributed by atoms with Crippen molar-refractivity contribution < 1.29 is 76.0 Å². The molecule has 1 unspecified atom stereocenters. The van der Waals surface area contributed by atoms with Gasteiger partial charge in [0.15, 0.2) is 18.5 Å². The standard InChI is InChI=1S/C45H51N9O16P2/c1-4-52-14-6-8-23-16-28-32(19-30(23)52)67-33-20-31-24(9-7-15-53(31)5-2)17-29(33)35(28)26-11-10-25(18-27(26)43(58)59)40(56)47-12-13-48-45(60)69-38-34(21-66-72(64,65)70-71(61,62)63)68-42(37(38)55)54-22-51(3)36-39(54)49-44(46)50-41(36)57/h10-11,16-20,22,34,37-38,42,55H,4-9,12-15,21H2,1-3H3,(H7-2,46,47,48,49,50,56,57,58,59,60,61,62,63,64,65)/p+2/t34-,37-,38-,42-/m1/s1. The number of aliphatic hydroxyl groups is 1. The number of carboxylic acids is 1. The molecule has 9 rings (SSSR count). The van der Waals surface area contributed by atoms with Crippen LogP contribution in [0.3, 0.4) is 0 Å². The number of phosphoric ester groups is 1. The number of carboxylic acid groups (broad SMARTS) is 1. The van der Waals surface area contributed by atoms with Crippen LogP contribution in [0.5, 0.6) is 11.5 Å². The van der Waals surface area contributed by atoms with E-state index in [2.05, 4.69) is 60.4 Å². The Balaban J connectivity index is 0.933. The van der Waals surface area contributed by atoms with E-state index < -0.39 is 70.3 Å². The second-order valence-electron chi connectivity index (χ2n) is 17.6. The lowest BCUT2D eigenvalue weighted by molar-refractivity contribution is -0.745. The zero-order chi connectivity index (χ0) is 51.4. The molecule has 25 nitrogen and oxygen atoms in total. The van der Waals surface area contributed by atoms with Crippen molar-refractivity contribution in [1.29, 1.82) is 0 Å². The van der Waals surface area contributed by atoms with Gasteiger partial charge in [0.25, 0.3) is 17.4 Å². The molecule has 2 aromatic heterocycles. The number of anilines is 2. The van der Waals surface area contributed by atoms with E-state index in [1.807, 2.05) is 12.1 Å². The first-order valence-electron chi connectivity index (χ1n) is 23.1. The molecular formula is C45H53N9O16P2+2. The molecule has 4 aliphatic rings. The summed E-state index contributed by atoms with van der Waals surface area (Å²) in [6, 6.07) is 12.7. The second kappa shape index (κ2) is 19.8. The topological polar surface area (TPSA) is 344 Å². The Hall–Kier alpha value is -6.53. The predicted molar refractivity (Wildman–Crippen MR) is 254 cm³/mol. The maximum Gasteiger partial charge on any atom is 0.481 e. The molecule has 6 heterocycles. The van der Waals surface area contributed by atoms with Crippen molar-refractivity contribution >= 4 is 62.0 Å². The van der Waals surface area contributed by atoms with Crippen LogP contribution in [0.15, 0.2) is 53.6 Å². The van der Waals surface area contributed by atoms with Gasteiger partial charge >= 0.3 is 33.4 Å². The van der Waals surface area contributed by atoms with Gasteiger partial charge in [0.05, 0.1) is 25.3 Å². The summed E-state index contributed by atoms with van der Waals surface area (Å²) in [5.41, 5.74) is 10.1. The van der Waals surface area contributed by atoms with Gasteiger partial charge < -0.3 is 60.4 Å². The van der Waals surface area contributed by atoms with Gasteiger partial charge in [-0.1, -0.05) is 11.1 Å². The summed E-state index contributed by atoms with van der Waals surface area (Å²) in [6.07, 6.45) is -2.89. The SMILES string of the molecule is CCN1CCCc2cc3c(cc21)Oc1cc2c(cc1=C3c1ccc(C(=O)NCCNC(=O)O[C@H]3[C@@H](O)[C@H]([n+]4cn(C)c5c(=O)[nH]c(N)nc54)O[C@@H]3COP(=O)(O)OP(=O)(O)O)cc1C(=O)O)CCC[N+]=2CC. The quantitative estimate of drug-likeness (QED) is 0.0382. The van der Waals surface area contributed by atoms with Crippen molar-refractivity contribution in [3.8, 4) is 11.5 Å². The number of rotatable bonds is 15. The number of nitrogen functional groups attached to an aromatic ring is 1. The number of fused-ring (bicyclic) bond motifs is 5. The molecule has 0 aliphatic carbocycles. The third kappa shape index (κ3) is 9.99. The van der Waals surface area contributed by atoms with Gasteiger partial charge in [-0.05, 0) is 68.5 Å². The number of aromatic amines is 1. The fourth-order valence-electron chi connectivity index (χ4n) is 9.85. The van der Waals surface area contributed by atoms with Crippen LogP contribution in [-0.4, -0.2) is 122 Å². The Morgan fingerprint density at radius 1 is 1.00 bits per heavy atom. The van der Waals surface area contributed by atoms with Crippen LogP contribution in [0.1, 0.15) is 75.9 Å². The van der Waals surface area contributed by atoms with Gasteiger partial charge in [-0.3, -0.25) is 23.7 Å². The summed E-state index contributed by atoms with van der Waals surface area (Å²) >= 11 is 0. The molecule has 4 aliphatic heterocycles. The van der Waals surface area contributed by atoms with Gasteiger partial charge in [0.2, 0.25) is 17.1 Å². The van der Waals surface area contributed by atoms with E-state index in [1.54, 1.807) is 6.07 Å². The van der Waals surface area contributed by atoms with E-state index in [1.165, 1.54) is 34.6 Å². The van der Waals surface area contributed by atoms with E-state index in [-0.39, 0.29) is 41.3 Å². The highest BCUT2D eigenvalue weighted by Gasteiger charge is 2.51. The lowest BCUT2D eigenvalue weighted by atomic mass is 9.86. The Bertz CT molecular complexity index is 3340. The summed E-state index contributed by atoms with van der Waals surface area (Å²) in [7, 11) is -9.50.